The average Bonchev–Trinajstić information content (AvgIpc) is 2.74. The molecule has 0 radical (unpaired) electrons. The van der Waals surface area contributed by atoms with Crippen LogP contribution in [0.2, 0.25) is 5.02 Å². The Morgan fingerprint density at radius 2 is 1.66 bits per heavy atom. The van der Waals surface area contributed by atoms with E-state index in [1.54, 1.807) is 24.3 Å². The molecular formula is C20H13Br2ClN4O5. The number of ether oxygens (including phenoxy) is 1. The zero-order valence-corrected chi connectivity index (χ0v) is 19.9. The van der Waals surface area contributed by atoms with E-state index in [9.17, 15) is 20.2 Å². The number of hydrogen-bond donors (Lipinski definition) is 1. The van der Waals surface area contributed by atoms with E-state index in [2.05, 4.69) is 42.4 Å². The summed E-state index contributed by atoms with van der Waals surface area (Å²) in [6.45, 7) is 0.340. The normalized spacial score (nSPS) is 10.8. The van der Waals surface area contributed by atoms with Gasteiger partial charge in [0.05, 0.1) is 31.1 Å². The molecule has 0 aliphatic carbocycles. The third-order valence-corrected chi connectivity index (χ3v) is 5.53. The van der Waals surface area contributed by atoms with Crippen LogP contribution in [0.5, 0.6) is 5.75 Å². The first-order chi connectivity index (χ1) is 15.2. The van der Waals surface area contributed by atoms with Crippen molar-refractivity contribution in [1.29, 1.82) is 0 Å². The van der Waals surface area contributed by atoms with Crippen molar-refractivity contribution in [2.24, 2.45) is 5.10 Å². The maximum atomic E-state index is 11.2. The molecule has 3 rings (SSSR count). The number of halogens is 3. The number of nitro groups is 2. The fourth-order valence-corrected chi connectivity index (χ4v) is 4.16. The predicted molar refractivity (Wildman–Crippen MR) is 129 cm³/mol. The molecule has 0 aliphatic rings. The Morgan fingerprint density at radius 1 is 1.00 bits per heavy atom. The third-order valence-electron chi connectivity index (χ3n) is 4.10. The lowest BCUT2D eigenvalue weighted by Crippen LogP contribution is -1.99. The Labute approximate surface area is 203 Å². The van der Waals surface area contributed by atoms with Gasteiger partial charge >= 0.3 is 5.69 Å². The summed E-state index contributed by atoms with van der Waals surface area (Å²) >= 11 is 12.8. The van der Waals surface area contributed by atoms with Crippen LogP contribution in [-0.2, 0) is 6.61 Å². The van der Waals surface area contributed by atoms with E-state index in [4.69, 9.17) is 16.3 Å². The van der Waals surface area contributed by atoms with Gasteiger partial charge in [-0.15, -0.1) is 0 Å². The van der Waals surface area contributed by atoms with Gasteiger partial charge in [0.15, 0.2) is 0 Å². The fraction of sp³-hybridized carbons (Fsp3) is 0.0500. The first-order valence-electron chi connectivity index (χ1n) is 8.83. The summed E-state index contributed by atoms with van der Waals surface area (Å²) < 4.78 is 7.21. The third kappa shape index (κ3) is 6.02. The largest absolute Gasteiger partial charge is 0.487 e. The molecule has 32 heavy (non-hydrogen) atoms. The zero-order valence-electron chi connectivity index (χ0n) is 16.0. The van der Waals surface area contributed by atoms with E-state index in [-0.39, 0.29) is 11.4 Å². The molecule has 3 aromatic carbocycles. The van der Waals surface area contributed by atoms with Crippen molar-refractivity contribution < 1.29 is 14.6 Å². The number of anilines is 1. The minimum atomic E-state index is -0.717. The summed E-state index contributed by atoms with van der Waals surface area (Å²) in [4.78, 5) is 20.6. The van der Waals surface area contributed by atoms with Crippen LogP contribution in [0.15, 0.2) is 68.6 Å². The summed E-state index contributed by atoms with van der Waals surface area (Å²) in [5.41, 5.74) is 3.36. The van der Waals surface area contributed by atoms with Crippen molar-refractivity contribution in [2.75, 3.05) is 5.43 Å². The number of nitrogens with zero attached hydrogens (tertiary/aromatic N) is 3. The highest BCUT2D eigenvalue weighted by molar-refractivity contribution is 9.11. The van der Waals surface area contributed by atoms with Crippen LogP contribution in [0.1, 0.15) is 11.1 Å². The van der Waals surface area contributed by atoms with Crippen LogP contribution >= 0.6 is 43.5 Å². The number of hydrogen-bond acceptors (Lipinski definition) is 7. The van der Waals surface area contributed by atoms with Crippen molar-refractivity contribution >= 4 is 66.7 Å². The number of rotatable bonds is 8. The number of hydrazone groups is 1. The van der Waals surface area contributed by atoms with Gasteiger partial charge in [0.25, 0.3) is 5.69 Å². The van der Waals surface area contributed by atoms with Gasteiger partial charge in [-0.2, -0.15) is 5.10 Å². The lowest BCUT2D eigenvalue weighted by Gasteiger charge is -2.11. The molecular weight excluding hydrogens is 572 g/mol. The second kappa shape index (κ2) is 10.5. The molecule has 0 saturated heterocycles. The molecule has 0 bridgehead atoms. The van der Waals surface area contributed by atoms with Crippen molar-refractivity contribution in [2.45, 2.75) is 6.61 Å². The lowest BCUT2D eigenvalue weighted by molar-refractivity contribution is -0.393. The number of nitrogens with one attached hydrogen (secondary N) is 1. The Hall–Kier alpha value is -3.02. The summed E-state index contributed by atoms with van der Waals surface area (Å²) in [7, 11) is 0. The lowest BCUT2D eigenvalue weighted by atomic mass is 10.2. The molecule has 164 valence electrons. The number of benzene rings is 3. The smallest absolute Gasteiger partial charge is 0.301 e. The number of non-ortho nitro benzene ring substituents is 1. The van der Waals surface area contributed by atoms with E-state index in [0.717, 1.165) is 17.7 Å². The minimum Gasteiger partial charge on any atom is -0.487 e. The quantitative estimate of drug-likeness (QED) is 0.179. The van der Waals surface area contributed by atoms with Gasteiger partial charge in [0, 0.05) is 11.1 Å². The standard InChI is InChI=1S/C20H13Br2ClN4O5/c21-16-7-13(8-17(22)20(16)32-11-12-1-3-14(23)4-2-12)10-24-25-18-6-5-15(26(28)29)9-19(18)27(30)31/h1-10,25H,11H2/b24-10-. The van der Waals surface area contributed by atoms with E-state index in [1.165, 1.54) is 12.3 Å². The summed E-state index contributed by atoms with van der Waals surface area (Å²) in [6, 6.07) is 14.1. The highest BCUT2D eigenvalue weighted by atomic mass is 79.9. The zero-order chi connectivity index (χ0) is 23.3. The summed E-state index contributed by atoms with van der Waals surface area (Å²) in [5.74, 6) is 0.594. The van der Waals surface area contributed by atoms with Crippen molar-refractivity contribution in [3.63, 3.8) is 0 Å². The Bertz CT molecular complexity index is 1180. The molecule has 0 saturated carbocycles. The molecule has 0 spiro atoms. The Morgan fingerprint density at radius 3 is 2.25 bits per heavy atom. The second-order valence-electron chi connectivity index (χ2n) is 6.31. The fourth-order valence-electron chi connectivity index (χ4n) is 2.58. The summed E-state index contributed by atoms with van der Waals surface area (Å²) in [6.07, 6.45) is 1.45. The van der Waals surface area contributed by atoms with Crippen molar-refractivity contribution in [1.82, 2.24) is 0 Å². The first kappa shape index (κ1) is 23.6. The van der Waals surface area contributed by atoms with Gasteiger partial charge in [-0.05, 0) is 73.3 Å². The molecule has 0 heterocycles. The molecule has 1 N–H and O–H groups in total. The van der Waals surface area contributed by atoms with Gasteiger partial charge in [0.2, 0.25) is 0 Å². The topological polar surface area (TPSA) is 120 Å². The average molecular weight is 585 g/mol. The van der Waals surface area contributed by atoms with Crippen molar-refractivity contribution in [3.05, 3.63) is 99.9 Å². The van der Waals surface area contributed by atoms with Gasteiger partial charge < -0.3 is 4.74 Å². The highest BCUT2D eigenvalue weighted by Gasteiger charge is 2.19. The maximum absolute atomic E-state index is 11.2. The van der Waals surface area contributed by atoms with Crippen LogP contribution in [0.4, 0.5) is 17.1 Å². The molecule has 0 unspecified atom stereocenters. The molecule has 12 heteroatoms. The number of nitro benzene ring substituents is 2. The molecule has 0 amide bonds. The highest BCUT2D eigenvalue weighted by Crippen LogP contribution is 2.35. The van der Waals surface area contributed by atoms with Crippen LogP contribution in [0.3, 0.4) is 0 Å². The molecule has 0 fully saturated rings. The van der Waals surface area contributed by atoms with Crippen LogP contribution in [0.25, 0.3) is 0 Å². The van der Waals surface area contributed by atoms with E-state index in [0.29, 0.717) is 31.9 Å². The summed E-state index contributed by atoms with van der Waals surface area (Å²) in [5, 5.41) is 26.7. The van der Waals surface area contributed by atoms with Crippen LogP contribution in [-0.4, -0.2) is 16.1 Å². The SMILES string of the molecule is O=[N+]([O-])c1ccc(N/N=C\c2cc(Br)c(OCc3ccc(Cl)cc3)c(Br)c2)c([N+](=O)[O-])c1. The van der Waals surface area contributed by atoms with Crippen LogP contribution < -0.4 is 10.2 Å². The van der Waals surface area contributed by atoms with E-state index >= 15 is 0 Å². The minimum absolute atomic E-state index is 0.0258. The molecule has 0 atom stereocenters. The van der Waals surface area contributed by atoms with E-state index in [1.807, 2.05) is 12.1 Å². The maximum Gasteiger partial charge on any atom is 0.301 e. The first-order valence-corrected chi connectivity index (χ1v) is 10.8. The van der Waals surface area contributed by atoms with Gasteiger partial charge in [-0.25, -0.2) is 0 Å². The van der Waals surface area contributed by atoms with Crippen molar-refractivity contribution in [3.8, 4) is 5.75 Å². The predicted octanol–water partition coefficient (Wildman–Crippen LogP) is 6.71. The second-order valence-corrected chi connectivity index (χ2v) is 8.46. The molecule has 9 nitrogen and oxygen atoms in total. The Balaban J connectivity index is 1.72. The molecule has 3 aromatic rings. The molecule has 0 aliphatic heterocycles. The van der Waals surface area contributed by atoms with Gasteiger partial charge in [-0.3, -0.25) is 25.7 Å². The Kier molecular flexibility index (Phi) is 7.78. The van der Waals surface area contributed by atoms with E-state index < -0.39 is 15.5 Å². The van der Waals surface area contributed by atoms with Crippen LogP contribution in [0, 0.1) is 20.2 Å². The van der Waals surface area contributed by atoms with Gasteiger partial charge in [0.1, 0.15) is 18.0 Å². The van der Waals surface area contributed by atoms with Gasteiger partial charge in [-0.1, -0.05) is 23.7 Å². The monoisotopic (exact) mass is 582 g/mol. The molecule has 0 aromatic heterocycles.